The molecule has 0 aliphatic rings. The minimum absolute atomic E-state index is 0.0938. The van der Waals surface area contributed by atoms with Crippen LogP contribution in [0.25, 0.3) is 0 Å². The molecule has 0 amide bonds. The predicted molar refractivity (Wildman–Crippen MR) is 99.0 cm³/mol. The molecule has 0 saturated heterocycles. The zero-order valence-corrected chi connectivity index (χ0v) is 17.7. The van der Waals surface area contributed by atoms with Gasteiger partial charge in [0, 0.05) is 35.8 Å². The van der Waals surface area contributed by atoms with Gasteiger partial charge in [0.05, 0.1) is 0 Å². The lowest BCUT2D eigenvalue weighted by Gasteiger charge is -2.18. The van der Waals surface area contributed by atoms with Crippen molar-refractivity contribution < 1.29 is 29.1 Å². The molecule has 0 heterocycles. The predicted octanol–water partition coefficient (Wildman–Crippen LogP) is 3.51. The van der Waals surface area contributed by atoms with Gasteiger partial charge in [-0.1, -0.05) is 55.4 Å². The van der Waals surface area contributed by atoms with Crippen LogP contribution >= 0.6 is 14.7 Å². The number of aliphatic hydroxyl groups excluding tert-OH is 2. The summed E-state index contributed by atoms with van der Waals surface area (Å²) in [4.78, 5) is 18.4. The van der Waals surface area contributed by atoms with Crippen molar-refractivity contribution in [3.63, 3.8) is 0 Å². The Labute approximate surface area is 142 Å². The monoisotopic (exact) mass is 376 g/mol. The summed E-state index contributed by atoms with van der Waals surface area (Å²) in [5.41, 5.74) is -0.398. The third kappa shape index (κ3) is 13.3. The van der Waals surface area contributed by atoms with Crippen LogP contribution in [0.1, 0.15) is 61.8 Å². The Kier molecular flexibility index (Phi) is 16.6. The molecule has 0 aliphatic carbocycles. The van der Waals surface area contributed by atoms with Gasteiger partial charge in [-0.05, 0) is 6.42 Å². The number of hydrogen-bond acceptors (Lipinski definition) is 4. The normalized spacial score (nSPS) is 12.2. The fraction of sp³-hybridized carbons (Fsp3) is 1.00. The van der Waals surface area contributed by atoms with Crippen LogP contribution in [0.2, 0.25) is 0 Å². The Morgan fingerprint density at radius 2 is 0.783 bits per heavy atom. The van der Waals surface area contributed by atoms with E-state index >= 15 is 0 Å². The molecular formula is C15H38O6P2. The van der Waals surface area contributed by atoms with Crippen molar-refractivity contribution >= 4 is 14.7 Å². The van der Waals surface area contributed by atoms with Gasteiger partial charge in [0.15, 0.2) is 0 Å². The molecule has 0 aromatic carbocycles. The summed E-state index contributed by atoms with van der Waals surface area (Å²) in [7, 11) is -5.67. The molecular weight excluding hydrogens is 338 g/mol. The standard InChI is InChI=1S/2C6H15O2P.C3H8O2/c2*1-5(2)9(7,8)6(3)4;4-2-1-3-5/h2*5-6H,1-4H3,(H,7,8);4-5H,1-3H2. The molecule has 144 valence electrons. The summed E-state index contributed by atoms with van der Waals surface area (Å²) in [5, 5.41) is 15.8. The first kappa shape index (κ1) is 28.1. The summed E-state index contributed by atoms with van der Waals surface area (Å²) < 4.78 is 22.3. The van der Waals surface area contributed by atoms with Crippen LogP contribution in [0.3, 0.4) is 0 Å². The van der Waals surface area contributed by atoms with Crippen LogP contribution < -0.4 is 0 Å². The molecule has 0 saturated carbocycles. The maximum Gasteiger partial charge on any atom is 0.205 e. The van der Waals surface area contributed by atoms with E-state index in [-0.39, 0.29) is 35.8 Å². The minimum atomic E-state index is -2.84. The van der Waals surface area contributed by atoms with Crippen molar-refractivity contribution in [3.05, 3.63) is 0 Å². The molecule has 8 heteroatoms. The summed E-state index contributed by atoms with van der Waals surface area (Å²) in [6, 6.07) is 0. The SMILES string of the molecule is CC(C)P(=O)(O)C(C)C.CC(C)P(=O)(O)C(C)C.OCCCO. The molecule has 0 spiro atoms. The van der Waals surface area contributed by atoms with Crippen molar-refractivity contribution in [2.75, 3.05) is 13.2 Å². The maximum atomic E-state index is 11.2. The lowest BCUT2D eigenvalue weighted by atomic mass is 10.5. The van der Waals surface area contributed by atoms with Crippen LogP contribution in [0, 0.1) is 0 Å². The lowest BCUT2D eigenvalue weighted by Crippen LogP contribution is -2.06. The number of aliphatic hydroxyl groups is 2. The topological polar surface area (TPSA) is 115 Å². The maximum absolute atomic E-state index is 11.2. The highest BCUT2D eigenvalue weighted by Crippen LogP contribution is 2.50. The van der Waals surface area contributed by atoms with Gasteiger partial charge in [0.25, 0.3) is 0 Å². The first-order valence-electron chi connectivity index (χ1n) is 8.05. The van der Waals surface area contributed by atoms with E-state index in [1.165, 1.54) is 0 Å². The fourth-order valence-corrected chi connectivity index (χ4v) is 3.65. The van der Waals surface area contributed by atoms with Gasteiger partial charge >= 0.3 is 0 Å². The molecule has 0 bridgehead atoms. The third-order valence-electron chi connectivity index (χ3n) is 3.28. The van der Waals surface area contributed by atoms with Gasteiger partial charge in [0.2, 0.25) is 14.7 Å². The van der Waals surface area contributed by atoms with E-state index in [0.717, 1.165) is 0 Å². The summed E-state index contributed by atoms with van der Waals surface area (Å²) >= 11 is 0. The highest BCUT2D eigenvalue weighted by molar-refractivity contribution is 7.59. The summed E-state index contributed by atoms with van der Waals surface area (Å²) in [6.07, 6.45) is 0.500. The summed E-state index contributed by atoms with van der Waals surface area (Å²) in [6.45, 7) is 14.4. The Balaban J connectivity index is -0.000000273. The largest absolute Gasteiger partial charge is 0.396 e. The van der Waals surface area contributed by atoms with Crippen molar-refractivity contribution in [2.24, 2.45) is 0 Å². The number of rotatable bonds is 6. The van der Waals surface area contributed by atoms with E-state index in [9.17, 15) is 18.9 Å². The smallest absolute Gasteiger partial charge is 0.205 e. The highest BCUT2D eigenvalue weighted by Gasteiger charge is 2.27. The van der Waals surface area contributed by atoms with E-state index < -0.39 is 14.7 Å². The van der Waals surface area contributed by atoms with Gasteiger partial charge in [0.1, 0.15) is 0 Å². The Hall–Kier alpha value is 0.300. The summed E-state index contributed by atoms with van der Waals surface area (Å²) in [5.74, 6) is 0. The molecule has 4 N–H and O–H groups in total. The van der Waals surface area contributed by atoms with Gasteiger partial charge in [-0.15, -0.1) is 0 Å². The molecule has 0 rings (SSSR count). The molecule has 0 aromatic heterocycles. The van der Waals surface area contributed by atoms with Crippen LogP contribution in [-0.2, 0) is 9.13 Å². The van der Waals surface area contributed by atoms with Gasteiger partial charge in [-0.2, -0.15) is 0 Å². The van der Waals surface area contributed by atoms with Crippen molar-refractivity contribution in [1.82, 2.24) is 0 Å². The highest BCUT2D eigenvalue weighted by atomic mass is 31.2. The molecule has 0 atom stereocenters. The van der Waals surface area contributed by atoms with Crippen molar-refractivity contribution in [3.8, 4) is 0 Å². The number of hydrogen-bond donors (Lipinski definition) is 4. The average Bonchev–Trinajstić information content (AvgIpc) is 2.40. The lowest BCUT2D eigenvalue weighted by molar-refractivity contribution is 0.221. The van der Waals surface area contributed by atoms with Crippen LogP contribution in [0.5, 0.6) is 0 Å². The van der Waals surface area contributed by atoms with E-state index in [4.69, 9.17) is 10.2 Å². The van der Waals surface area contributed by atoms with Gasteiger partial charge < -0.3 is 20.0 Å². The Morgan fingerprint density at radius 1 is 0.609 bits per heavy atom. The fourth-order valence-electron chi connectivity index (χ4n) is 1.26. The molecule has 23 heavy (non-hydrogen) atoms. The van der Waals surface area contributed by atoms with E-state index in [1.54, 1.807) is 55.4 Å². The zero-order chi connectivity index (χ0) is 19.4. The Morgan fingerprint density at radius 3 is 0.783 bits per heavy atom. The van der Waals surface area contributed by atoms with Gasteiger partial charge in [-0.25, -0.2) is 0 Å². The third-order valence-corrected chi connectivity index (χ3v) is 9.20. The molecule has 6 nitrogen and oxygen atoms in total. The first-order chi connectivity index (χ1) is 10.2. The second-order valence-electron chi connectivity index (χ2n) is 6.52. The van der Waals surface area contributed by atoms with E-state index in [1.807, 2.05) is 0 Å². The molecule has 0 fully saturated rings. The second-order valence-corrected chi connectivity index (χ2v) is 13.3. The van der Waals surface area contributed by atoms with E-state index in [0.29, 0.717) is 6.42 Å². The molecule has 0 radical (unpaired) electrons. The molecule has 0 unspecified atom stereocenters. The first-order valence-corrected chi connectivity index (χ1v) is 11.6. The van der Waals surface area contributed by atoms with Crippen molar-refractivity contribution in [1.29, 1.82) is 0 Å². The quantitative estimate of drug-likeness (QED) is 0.527. The van der Waals surface area contributed by atoms with Crippen molar-refractivity contribution in [2.45, 2.75) is 84.4 Å². The second kappa shape index (κ2) is 13.6. The minimum Gasteiger partial charge on any atom is -0.396 e. The van der Waals surface area contributed by atoms with Crippen LogP contribution in [0.15, 0.2) is 0 Å². The zero-order valence-electron chi connectivity index (χ0n) is 15.9. The average molecular weight is 376 g/mol. The van der Waals surface area contributed by atoms with Crippen LogP contribution in [0.4, 0.5) is 0 Å². The van der Waals surface area contributed by atoms with Crippen LogP contribution in [-0.4, -0.2) is 55.8 Å². The van der Waals surface area contributed by atoms with E-state index in [2.05, 4.69) is 0 Å². The molecule has 0 aromatic rings. The Bertz CT molecular complexity index is 309. The molecule has 0 aliphatic heterocycles. The van der Waals surface area contributed by atoms with Gasteiger partial charge in [-0.3, -0.25) is 9.13 Å².